The Balaban J connectivity index is 1.74. The summed E-state index contributed by atoms with van der Waals surface area (Å²) < 4.78 is 18.8. The Morgan fingerprint density at radius 3 is 2.55 bits per heavy atom. The van der Waals surface area contributed by atoms with Crippen LogP contribution < -0.4 is 4.74 Å². The van der Waals surface area contributed by atoms with Crippen LogP contribution in [0.1, 0.15) is 17.5 Å². The average Bonchev–Trinajstić information content (AvgIpc) is 2.70. The molecule has 1 heterocycles. The molecule has 0 aromatic heterocycles. The lowest BCUT2D eigenvalue weighted by Gasteiger charge is -2.43. The number of aliphatic hydroxyl groups is 1. The van der Waals surface area contributed by atoms with Crippen LogP contribution in [0.15, 0.2) is 48.5 Å². The van der Waals surface area contributed by atoms with Gasteiger partial charge in [0.15, 0.2) is 6.61 Å². The van der Waals surface area contributed by atoms with Crippen LogP contribution in [0.4, 0.5) is 4.39 Å². The molecule has 0 spiro atoms. The van der Waals surface area contributed by atoms with E-state index in [-0.39, 0.29) is 38.4 Å². The molecule has 6 nitrogen and oxygen atoms in total. The Kier molecular flexibility index (Phi) is 6.17. The van der Waals surface area contributed by atoms with E-state index in [4.69, 9.17) is 4.74 Å². The number of benzene rings is 2. The number of halogens is 1. The van der Waals surface area contributed by atoms with E-state index in [1.165, 1.54) is 29.2 Å². The minimum absolute atomic E-state index is 0.00773. The summed E-state index contributed by atoms with van der Waals surface area (Å²) in [7, 11) is 0. The molecular formula is C22H24FNO5. The van der Waals surface area contributed by atoms with Crippen molar-refractivity contribution in [3.63, 3.8) is 0 Å². The number of nitrogens with zero attached hydrogens (tertiary/aromatic N) is 1. The fourth-order valence-corrected chi connectivity index (χ4v) is 3.67. The molecule has 7 heteroatoms. The first-order valence-electron chi connectivity index (χ1n) is 9.44. The SMILES string of the molecule is Cc1ccccc1OCC(=O)N1CC[C@@H](O)[C@](Cc2ccc(F)cc2)(C(=O)O)C1. The van der Waals surface area contributed by atoms with Crippen LogP contribution in [0.3, 0.4) is 0 Å². The molecule has 0 bridgehead atoms. The molecule has 154 valence electrons. The van der Waals surface area contributed by atoms with E-state index in [9.17, 15) is 24.2 Å². The number of hydrogen-bond donors (Lipinski definition) is 2. The first-order chi connectivity index (χ1) is 13.8. The van der Waals surface area contributed by atoms with Gasteiger partial charge in [0.2, 0.25) is 0 Å². The molecule has 2 N–H and O–H groups in total. The van der Waals surface area contributed by atoms with Crippen LogP contribution in [0.25, 0.3) is 0 Å². The van der Waals surface area contributed by atoms with Crippen molar-refractivity contribution >= 4 is 11.9 Å². The van der Waals surface area contributed by atoms with Gasteiger partial charge in [-0.15, -0.1) is 0 Å². The summed E-state index contributed by atoms with van der Waals surface area (Å²) in [6.07, 6.45) is -0.984. The van der Waals surface area contributed by atoms with Gasteiger partial charge in [-0.2, -0.15) is 0 Å². The lowest BCUT2D eigenvalue weighted by Crippen LogP contribution is -2.58. The van der Waals surface area contributed by atoms with E-state index in [1.54, 1.807) is 6.07 Å². The van der Waals surface area contributed by atoms with Crippen LogP contribution in [-0.4, -0.2) is 52.8 Å². The average molecular weight is 401 g/mol. The quantitative estimate of drug-likeness (QED) is 0.776. The molecule has 2 atom stereocenters. The third-order valence-electron chi connectivity index (χ3n) is 5.44. The fraction of sp³-hybridized carbons (Fsp3) is 0.364. The largest absolute Gasteiger partial charge is 0.484 e. The maximum atomic E-state index is 13.2. The van der Waals surface area contributed by atoms with Gasteiger partial charge in [0.25, 0.3) is 5.91 Å². The van der Waals surface area contributed by atoms with Gasteiger partial charge in [-0.1, -0.05) is 30.3 Å². The highest BCUT2D eigenvalue weighted by Gasteiger charge is 2.50. The topological polar surface area (TPSA) is 87.1 Å². The number of ether oxygens (including phenoxy) is 1. The highest BCUT2D eigenvalue weighted by atomic mass is 19.1. The van der Waals surface area contributed by atoms with Gasteiger partial charge in [-0.25, -0.2) is 4.39 Å². The molecule has 0 radical (unpaired) electrons. The molecule has 2 aromatic carbocycles. The van der Waals surface area contributed by atoms with Gasteiger partial charge >= 0.3 is 5.97 Å². The number of amides is 1. The van der Waals surface area contributed by atoms with Crippen molar-refractivity contribution < 1.29 is 28.9 Å². The standard InChI is InChI=1S/C22H24FNO5/c1-15-4-2-3-5-18(15)29-13-20(26)24-11-10-19(25)22(14-24,21(27)28)12-16-6-8-17(23)9-7-16/h2-9,19,25H,10-14H2,1H3,(H,27,28)/t19-,22-/m1/s1. The summed E-state index contributed by atoms with van der Waals surface area (Å²) in [5.41, 5.74) is -0.0853. The number of carbonyl (C=O) groups is 2. The maximum absolute atomic E-state index is 13.2. The van der Waals surface area contributed by atoms with E-state index >= 15 is 0 Å². The number of carboxylic acids is 1. The number of aliphatic carboxylic acids is 1. The number of para-hydroxylation sites is 1. The molecular weight excluding hydrogens is 377 g/mol. The van der Waals surface area contributed by atoms with Crippen molar-refractivity contribution in [2.24, 2.45) is 5.41 Å². The third-order valence-corrected chi connectivity index (χ3v) is 5.44. The van der Waals surface area contributed by atoms with E-state index in [0.29, 0.717) is 11.3 Å². The summed E-state index contributed by atoms with van der Waals surface area (Å²) in [6, 6.07) is 12.8. The van der Waals surface area contributed by atoms with E-state index in [1.807, 2.05) is 25.1 Å². The number of aryl methyl sites for hydroxylation is 1. The maximum Gasteiger partial charge on any atom is 0.314 e. The second kappa shape index (κ2) is 8.61. The van der Waals surface area contributed by atoms with Crippen LogP contribution in [0.5, 0.6) is 5.75 Å². The Morgan fingerprint density at radius 1 is 1.21 bits per heavy atom. The molecule has 1 amide bonds. The highest BCUT2D eigenvalue weighted by Crippen LogP contribution is 2.35. The predicted molar refractivity (Wildman–Crippen MR) is 104 cm³/mol. The summed E-state index contributed by atoms with van der Waals surface area (Å²) >= 11 is 0. The molecule has 0 unspecified atom stereocenters. The number of carboxylic acid groups (broad SMARTS) is 1. The third kappa shape index (κ3) is 4.56. The molecule has 0 aliphatic carbocycles. The Bertz CT molecular complexity index is 885. The molecule has 1 aliphatic rings. The number of aliphatic hydroxyl groups excluding tert-OH is 1. The molecule has 1 fully saturated rings. The van der Waals surface area contributed by atoms with Crippen molar-refractivity contribution in [2.75, 3.05) is 19.7 Å². The number of piperidine rings is 1. The molecule has 29 heavy (non-hydrogen) atoms. The van der Waals surface area contributed by atoms with Gasteiger partial charge in [-0.3, -0.25) is 9.59 Å². The van der Waals surface area contributed by atoms with Crippen molar-refractivity contribution in [1.82, 2.24) is 4.90 Å². The van der Waals surface area contributed by atoms with Crippen molar-refractivity contribution in [3.8, 4) is 5.75 Å². The zero-order valence-corrected chi connectivity index (χ0v) is 16.2. The van der Waals surface area contributed by atoms with Crippen molar-refractivity contribution in [1.29, 1.82) is 0 Å². The molecule has 1 aliphatic heterocycles. The molecule has 1 saturated heterocycles. The van der Waals surface area contributed by atoms with Crippen LogP contribution in [0.2, 0.25) is 0 Å². The predicted octanol–water partition coefficient (Wildman–Crippen LogP) is 2.42. The zero-order valence-electron chi connectivity index (χ0n) is 16.2. The van der Waals surface area contributed by atoms with Crippen molar-refractivity contribution in [3.05, 3.63) is 65.5 Å². The smallest absolute Gasteiger partial charge is 0.314 e. The summed E-state index contributed by atoms with van der Waals surface area (Å²) in [4.78, 5) is 26.2. The van der Waals surface area contributed by atoms with Gasteiger partial charge in [0.05, 0.1) is 6.10 Å². The van der Waals surface area contributed by atoms with Gasteiger partial charge in [0.1, 0.15) is 17.0 Å². The summed E-state index contributed by atoms with van der Waals surface area (Å²) in [6.45, 7) is 1.76. The Hall–Kier alpha value is -2.93. The number of rotatable bonds is 6. The van der Waals surface area contributed by atoms with Gasteiger partial charge in [0, 0.05) is 13.1 Å². The van der Waals surface area contributed by atoms with Crippen LogP contribution in [0, 0.1) is 18.2 Å². The molecule has 0 saturated carbocycles. The number of likely N-dealkylation sites (tertiary alicyclic amines) is 1. The normalized spacial score (nSPS) is 21.6. The lowest BCUT2D eigenvalue weighted by molar-refractivity contribution is -0.166. The van der Waals surface area contributed by atoms with Gasteiger partial charge < -0.3 is 19.8 Å². The second-order valence-electron chi connectivity index (χ2n) is 7.44. The zero-order chi connectivity index (χ0) is 21.0. The lowest BCUT2D eigenvalue weighted by atomic mass is 9.73. The fourth-order valence-electron chi connectivity index (χ4n) is 3.67. The van der Waals surface area contributed by atoms with E-state index < -0.39 is 23.3 Å². The van der Waals surface area contributed by atoms with E-state index in [0.717, 1.165) is 5.56 Å². The number of hydrogen-bond acceptors (Lipinski definition) is 4. The summed E-state index contributed by atoms with van der Waals surface area (Å²) in [5, 5.41) is 20.4. The Labute approximate surface area is 168 Å². The monoisotopic (exact) mass is 401 g/mol. The molecule has 3 rings (SSSR count). The van der Waals surface area contributed by atoms with Gasteiger partial charge in [-0.05, 0) is 49.1 Å². The Morgan fingerprint density at radius 2 is 1.90 bits per heavy atom. The minimum Gasteiger partial charge on any atom is -0.484 e. The minimum atomic E-state index is -1.56. The highest BCUT2D eigenvalue weighted by molar-refractivity contribution is 5.81. The van der Waals surface area contributed by atoms with Crippen molar-refractivity contribution in [2.45, 2.75) is 25.9 Å². The van der Waals surface area contributed by atoms with Crippen LogP contribution >= 0.6 is 0 Å². The van der Waals surface area contributed by atoms with Crippen LogP contribution in [-0.2, 0) is 16.0 Å². The second-order valence-corrected chi connectivity index (χ2v) is 7.44. The first-order valence-corrected chi connectivity index (χ1v) is 9.44. The summed E-state index contributed by atoms with van der Waals surface area (Å²) in [5.74, 6) is -1.36. The first kappa shape index (κ1) is 20.8. The van der Waals surface area contributed by atoms with E-state index in [2.05, 4.69) is 0 Å². The molecule has 2 aromatic rings. The number of carbonyl (C=O) groups excluding carboxylic acids is 1.